The van der Waals surface area contributed by atoms with Gasteiger partial charge in [0.1, 0.15) is 32.1 Å². The lowest BCUT2D eigenvalue weighted by atomic mass is 10.0. The number of carbonyl (C=O) groups is 3. The predicted octanol–water partition coefficient (Wildman–Crippen LogP) is 9.48. The molecule has 14 nitrogen and oxygen atoms in total. The first-order valence-electron chi connectivity index (χ1n) is 27.5. The number of phosphoric ester groups is 1. The van der Waals surface area contributed by atoms with Gasteiger partial charge in [-0.3, -0.25) is 33.6 Å². The molecule has 3 aromatic rings. The molecule has 15 heteroatoms. The normalized spacial score (nSPS) is 15.5. The quantitative estimate of drug-likeness (QED) is 0.0239. The number of aryl methyl sites for hydroxylation is 1. The van der Waals surface area contributed by atoms with E-state index in [1.165, 1.54) is 89.0 Å². The number of nitrogens with zero attached hydrogens (tertiary/aromatic N) is 5. The fourth-order valence-corrected chi connectivity index (χ4v) is 9.67. The fraction of sp³-hybridized carbons (Fsp3) is 0.638. The lowest BCUT2D eigenvalue weighted by Gasteiger charge is -2.34. The van der Waals surface area contributed by atoms with Crippen molar-refractivity contribution in [3.8, 4) is 0 Å². The number of ketones is 1. The number of Topliss-reactive ketones (excluding diaryl/α,β-unsaturated/α-hetero) is 1. The van der Waals surface area contributed by atoms with Gasteiger partial charge in [0.05, 0.1) is 47.4 Å². The smallest absolute Gasteiger partial charge is 0.320 e. The second-order valence-electron chi connectivity index (χ2n) is 21.0. The van der Waals surface area contributed by atoms with Crippen molar-refractivity contribution in [3.05, 3.63) is 102 Å². The van der Waals surface area contributed by atoms with Gasteiger partial charge in [-0.05, 0) is 55.0 Å². The second-order valence-corrected chi connectivity index (χ2v) is 22.4. The fourth-order valence-electron chi connectivity index (χ4n) is 8.94. The van der Waals surface area contributed by atoms with Crippen LogP contribution in [0.3, 0.4) is 0 Å². The molecule has 1 saturated heterocycles. The monoisotopic (exact) mass is 1030 g/mol. The molecular weight excluding hydrogens is 942 g/mol. The van der Waals surface area contributed by atoms with Crippen LogP contribution in [0.2, 0.25) is 0 Å². The predicted molar refractivity (Wildman–Crippen MR) is 291 cm³/mol. The van der Waals surface area contributed by atoms with Gasteiger partial charge in [-0.25, -0.2) is 0 Å². The average Bonchev–Trinajstić information content (AvgIpc) is 3.36. The number of benzene rings is 3. The van der Waals surface area contributed by atoms with E-state index in [1.807, 2.05) is 81.8 Å². The third kappa shape index (κ3) is 30.2. The number of anilines is 1. The summed E-state index contributed by atoms with van der Waals surface area (Å²) in [6.45, 7) is 8.61. The molecule has 0 amide bonds. The van der Waals surface area contributed by atoms with Gasteiger partial charge in [-0.15, -0.1) is 0 Å². The van der Waals surface area contributed by atoms with E-state index in [4.69, 9.17) is 18.5 Å². The Balaban J connectivity index is 1.13. The Morgan fingerprint density at radius 3 is 1.30 bits per heavy atom. The highest BCUT2D eigenvalue weighted by Crippen LogP contribution is 2.38. The van der Waals surface area contributed by atoms with E-state index in [0.29, 0.717) is 69.9 Å². The van der Waals surface area contributed by atoms with Crippen LogP contribution in [0.1, 0.15) is 126 Å². The summed E-state index contributed by atoms with van der Waals surface area (Å²) in [5.74, 6) is -0.483. The summed E-state index contributed by atoms with van der Waals surface area (Å²) in [6, 6.07) is 28.3. The van der Waals surface area contributed by atoms with E-state index in [-0.39, 0.29) is 57.2 Å². The van der Waals surface area contributed by atoms with Gasteiger partial charge in [0, 0.05) is 58.0 Å². The molecule has 0 N–H and O–H groups in total. The first-order valence-corrected chi connectivity index (χ1v) is 29.0. The third-order valence-electron chi connectivity index (χ3n) is 13.4. The van der Waals surface area contributed by atoms with Gasteiger partial charge in [-0.1, -0.05) is 163 Å². The number of hydrogen-bond acceptors (Lipinski definition) is 13. The minimum Gasteiger partial charge on any atom is -0.756 e. The van der Waals surface area contributed by atoms with Gasteiger partial charge in [0.25, 0.3) is 7.82 Å². The van der Waals surface area contributed by atoms with E-state index < -0.39 is 7.82 Å². The molecule has 73 heavy (non-hydrogen) atoms. The zero-order valence-corrected chi connectivity index (χ0v) is 46.2. The van der Waals surface area contributed by atoms with Crippen LogP contribution < -0.4 is 9.79 Å². The summed E-state index contributed by atoms with van der Waals surface area (Å²) in [5.41, 5.74) is 4.34. The minimum atomic E-state index is -4.19. The molecule has 1 fully saturated rings. The van der Waals surface area contributed by atoms with Crippen molar-refractivity contribution in [2.75, 3.05) is 118 Å². The largest absolute Gasteiger partial charge is 0.756 e. The van der Waals surface area contributed by atoms with Gasteiger partial charge >= 0.3 is 11.9 Å². The van der Waals surface area contributed by atoms with Gasteiger partial charge in [0.15, 0.2) is 0 Å². The molecule has 0 saturated carbocycles. The maximum atomic E-state index is 13.3. The molecular formula is C58H92N5O9P. The Morgan fingerprint density at radius 1 is 0.493 bits per heavy atom. The maximum Gasteiger partial charge on any atom is 0.320 e. The van der Waals surface area contributed by atoms with Crippen molar-refractivity contribution in [3.63, 3.8) is 0 Å². The van der Waals surface area contributed by atoms with E-state index in [9.17, 15) is 23.8 Å². The number of rotatable bonds is 35. The first-order chi connectivity index (χ1) is 35.2. The number of likely N-dealkylation sites (N-methyl/N-ethyl adjacent to an activating group) is 1. The number of esters is 2. The number of unbranched alkanes of at least 4 members (excludes halogenated alkanes) is 15. The van der Waals surface area contributed by atoms with E-state index in [2.05, 4.69) is 43.9 Å². The lowest BCUT2D eigenvalue weighted by Crippen LogP contribution is -2.48. The van der Waals surface area contributed by atoms with Crippen molar-refractivity contribution in [2.24, 2.45) is 0 Å². The SMILES string of the molecule is CC(=O)CN1CCN(CC(=O)OCc2ccccc2)CCN(CC(=O)OCc2ccccc2)CCN(c2ccc(CCCCCCCCCCCCCCCCCCOP(=O)([O-])OCC[N+](C)(C)C)cc2)CC1. The standard InChI is InChI=1S/C58H92N5O9P/c1-52(64)47-59-36-37-60(48-57(65)69-50-54-28-22-19-23-29-54)38-39-61(49-58(66)70-51-55-30-24-20-25-31-55)41-43-62(42-40-59)56-34-32-53(33-35-56)27-21-17-15-13-11-9-7-5-6-8-10-12-14-16-18-26-45-71-73(67,68)72-46-44-63(2,3)4/h19-20,22-25,28-35H,5-18,21,26-27,36-51H2,1-4H3. The molecule has 0 aromatic heterocycles. The first kappa shape index (κ1) is 61.6. The van der Waals surface area contributed by atoms with Gasteiger partial charge in [0.2, 0.25) is 0 Å². The molecule has 3 aromatic carbocycles. The number of carbonyl (C=O) groups excluding carboxylic acids is 3. The van der Waals surface area contributed by atoms with E-state index in [0.717, 1.165) is 42.5 Å². The Hall–Kier alpha value is -3.98. The summed E-state index contributed by atoms with van der Waals surface area (Å²) in [5, 5.41) is 0. The molecule has 0 bridgehead atoms. The second kappa shape index (κ2) is 36.1. The Morgan fingerprint density at radius 2 is 0.877 bits per heavy atom. The van der Waals surface area contributed by atoms with Crippen LogP contribution in [0.15, 0.2) is 84.9 Å². The molecule has 4 rings (SSSR count). The number of quaternary nitrogens is 1. The van der Waals surface area contributed by atoms with Crippen molar-refractivity contribution in [2.45, 2.75) is 129 Å². The van der Waals surface area contributed by atoms with Crippen molar-refractivity contribution < 1.29 is 46.8 Å². The van der Waals surface area contributed by atoms with Crippen LogP contribution in [-0.4, -0.2) is 150 Å². The molecule has 1 aliphatic heterocycles. The van der Waals surface area contributed by atoms with Crippen LogP contribution in [0, 0.1) is 0 Å². The Labute approximate surface area is 439 Å². The number of phosphoric acid groups is 1. The van der Waals surface area contributed by atoms with Crippen LogP contribution in [0.4, 0.5) is 5.69 Å². The zero-order chi connectivity index (χ0) is 52.4. The summed E-state index contributed by atoms with van der Waals surface area (Å²) >= 11 is 0. The van der Waals surface area contributed by atoms with Crippen molar-refractivity contribution in [1.82, 2.24) is 14.7 Å². The van der Waals surface area contributed by atoms with Crippen LogP contribution in [0.5, 0.6) is 0 Å². The summed E-state index contributed by atoms with van der Waals surface area (Å²) in [6.07, 6.45) is 20.5. The Kier molecular flexibility index (Phi) is 30.4. The number of ether oxygens (including phenoxy) is 2. The molecule has 1 heterocycles. The lowest BCUT2D eigenvalue weighted by molar-refractivity contribution is -0.870. The van der Waals surface area contributed by atoms with Crippen molar-refractivity contribution in [1.29, 1.82) is 0 Å². The molecule has 1 aliphatic rings. The van der Waals surface area contributed by atoms with Gasteiger partial charge < -0.3 is 32.8 Å². The summed E-state index contributed by atoms with van der Waals surface area (Å²) in [4.78, 5) is 59.5. The summed E-state index contributed by atoms with van der Waals surface area (Å²) in [7, 11) is 1.78. The Bertz CT molecular complexity index is 1990. The van der Waals surface area contributed by atoms with E-state index >= 15 is 0 Å². The maximum absolute atomic E-state index is 13.3. The highest BCUT2D eigenvalue weighted by Gasteiger charge is 2.22. The number of hydrogen-bond donors (Lipinski definition) is 0. The highest BCUT2D eigenvalue weighted by molar-refractivity contribution is 7.45. The topological polar surface area (TPSA) is 141 Å². The van der Waals surface area contributed by atoms with Crippen LogP contribution in [-0.2, 0) is 57.1 Å². The molecule has 0 radical (unpaired) electrons. The molecule has 1 atom stereocenters. The van der Waals surface area contributed by atoms with Crippen LogP contribution in [0.25, 0.3) is 0 Å². The van der Waals surface area contributed by atoms with Crippen molar-refractivity contribution >= 4 is 31.2 Å². The summed E-state index contributed by atoms with van der Waals surface area (Å²) < 4.78 is 33.9. The minimum absolute atomic E-state index is 0.107. The third-order valence-corrected chi connectivity index (χ3v) is 14.4. The molecule has 0 spiro atoms. The van der Waals surface area contributed by atoms with Crippen LogP contribution >= 0.6 is 7.82 Å². The van der Waals surface area contributed by atoms with E-state index in [1.54, 1.807) is 6.92 Å². The zero-order valence-electron chi connectivity index (χ0n) is 45.3. The molecule has 1 unspecified atom stereocenters. The van der Waals surface area contributed by atoms with Gasteiger partial charge in [-0.2, -0.15) is 0 Å². The average molecular weight is 1030 g/mol. The molecule has 0 aliphatic carbocycles. The molecule has 408 valence electrons. The highest BCUT2D eigenvalue weighted by atomic mass is 31.2.